The Hall–Kier alpha value is -9.46. The summed E-state index contributed by atoms with van der Waals surface area (Å²) in [6.07, 6.45) is 5.82. The lowest BCUT2D eigenvalue weighted by atomic mass is 9.99. The van der Waals surface area contributed by atoms with Crippen LogP contribution in [0.15, 0.2) is 237 Å². The molecule has 0 saturated heterocycles. The molecule has 14 rings (SSSR count). The zero-order chi connectivity index (χ0) is 45.4. The van der Waals surface area contributed by atoms with Crippen LogP contribution < -0.4 is 0 Å². The molecule has 7 nitrogen and oxygen atoms in total. The van der Waals surface area contributed by atoms with E-state index in [1.165, 1.54) is 10.8 Å². The van der Waals surface area contributed by atoms with Crippen LogP contribution in [0.5, 0.6) is 0 Å². The molecule has 6 aromatic heterocycles. The van der Waals surface area contributed by atoms with E-state index in [1.807, 2.05) is 36.8 Å². The third kappa shape index (κ3) is 6.29. The topological polar surface area (TPSA) is 66.3 Å². The zero-order valence-electron chi connectivity index (χ0n) is 37.1. The van der Waals surface area contributed by atoms with Gasteiger partial charge in [0.25, 0.3) is 0 Å². The van der Waals surface area contributed by atoms with E-state index in [4.69, 9.17) is 19.9 Å². The first kappa shape index (κ1) is 38.8. The van der Waals surface area contributed by atoms with Gasteiger partial charge in [-0.15, -0.1) is 0 Å². The lowest BCUT2D eigenvalue weighted by molar-refractivity contribution is 0.995. The molecular formula is C62H39N7. The fourth-order valence-corrected chi connectivity index (χ4v) is 10.4. The molecule has 0 amide bonds. The normalized spacial score (nSPS) is 11.8. The number of fused-ring (bicyclic) bond motifs is 9. The Labute approximate surface area is 396 Å². The molecular weight excluding hydrogens is 843 g/mol. The summed E-state index contributed by atoms with van der Waals surface area (Å²) in [5.74, 6) is 0.628. The van der Waals surface area contributed by atoms with Crippen LogP contribution in [0.3, 0.4) is 0 Å². The molecule has 0 aliphatic heterocycles. The highest BCUT2D eigenvalue weighted by atomic mass is 15.2. The summed E-state index contributed by atoms with van der Waals surface area (Å²) in [7, 11) is 0. The summed E-state index contributed by atoms with van der Waals surface area (Å²) in [6, 6.07) is 77.2. The van der Waals surface area contributed by atoms with Gasteiger partial charge in [0.1, 0.15) is 0 Å². The fraction of sp³-hybridized carbons (Fsp3) is 0. The first-order valence-corrected chi connectivity index (χ1v) is 23.2. The summed E-state index contributed by atoms with van der Waals surface area (Å²) >= 11 is 0. The molecule has 0 saturated carbocycles. The van der Waals surface area contributed by atoms with Crippen LogP contribution >= 0.6 is 0 Å². The lowest BCUT2D eigenvalue weighted by Crippen LogP contribution is -2.03. The van der Waals surface area contributed by atoms with Crippen molar-refractivity contribution < 1.29 is 0 Å². The summed E-state index contributed by atoms with van der Waals surface area (Å²) in [5.41, 5.74) is 17.9. The molecule has 7 heteroatoms. The molecule has 0 aliphatic carbocycles. The van der Waals surface area contributed by atoms with E-state index in [9.17, 15) is 0 Å². The highest BCUT2D eigenvalue weighted by Crippen LogP contribution is 2.40. The van der Waals surface area contributed by atoms with Crippen molar-refractivity contribution in [3.05, 3.63) is 237 Å². The monoisotopic (exact) mass is 881 g/mol. The van der Waals surface area contributed by atoms with Crippen molar-refractivity contribution in [1.29, 1.82) is 0 Å². The molecule has 0 aliphatic rings. The third-order valence-corrected chi connectivity index (χ3v) is 13.6. The highest BCUT2D eigenvalue weighted by molar-refractivity contribution is 6.13. The Balaban J connectivity index is 0.871. The Kier molecular flexibility index (Phi) is 8.75. The fourth-order valence-electron chi connectivity index (χ4n) is 10.4. The molecule has 14 aromatic rings. The van der Waals surface area contributed by atoms with E-state index in [-0.39, 0.29) is 0 Å². The largest absolute Gasteiger partial charge is 0.309 e. The van der Waals surface area contributed by atoms with Gasteiger partial charge in [0, 0.05) is 79.2 Å². The van der Waals surface area contributed by atoms with E-state index in [2.05, 4.69) is 214 Å². The molecule has 8 aromatic carbocycles. The minimum absolute atomic E-state index is 0.628. The number of nitrogens with zero attached hydrogens (tertiary/aromatic N) is 7. The number of para-hydroxylation sites is 3. The number of hydrogen-bond acceptors (Lipinski definition) is 4. The van der Waals surface area contributed by atoms with Crippen LogP contribution in [0.1, 0.15) is 0 Å². The van der Waals surface area contributed by atoms with Gasteiger partial charge < -0.3 is 9.13 Å². The van der Waals surface area contributed by atoms with Gasteiger partial charge in [-0.05, 0) is 102 Å². The van der Waals surface area contributed by atoms with Crippen LogP contribution in [0.4, 0.5) is 0 Å². The van der Waals surface area contributed by atoms with E-state index in [0.717, 1.165) is 111 Å². The minimum atomic E-state index is 0.628. The number of benzene rings is 8. The quantitative estimate of drug-likeness (QED) is 0.160. The first-order chi connectivity index (χ1) is 34.2. The first-order valence-electron chi connectivity index (χ1n) is 23.2. The molecule has 0 fully saturated rings. The second-order valence-electron chi connectivity index (χ2n) is 17.5. The van der Waals surface area contributed by atoms with Crippen molar-refractivity contribution in [2.24, 2.45) is 0 Å². The van der Waals surface area contributed by atoms with Crippen molar-refractivity contribution in [2.75, 3.05) is 0 Å². The maximum atomic E-state index is 5.23. The van der Waals surface area contributed by atoms with Gasteiger partial charge in [0.15, 0.2) is 0 Å². The van der Waals surface area contributed by atoms with Crippen LogP contribution in [0.25, 0.3) is 128 Å². The van der Waals surface area contributed by atoms with E-state index in [0.29, 0.717) is 5.95 Å². The summed E-state index contributed by atoms with van der Waals surface area (Å²) < 4.78 is 6.89. The van der Waals surface area contributed by atoms with Crippen molar-refractivity contribution in [1.82, 2.24) is 33.6 Å². The molecule has 322 valence electrons. The molecule has 0 N–H and O–H groups in total. The molecule has 0 unspecified atom stereocenters. The Morgan fingerprint density at radius 2 is 0.783 bits per heavy atom. The van der Waals surface area contributed by atoms with Crippen molar-refractivity contribution in [3.63, 3.8) is 0 Å². The van der Waals surface area contributed by atoms with Gasteiger partial charge in [0.05, 0.1) is 50.0 Å². The maximum Gasteiger partial charge on any atom is 0.235 e. The van der Waals surface area contributed by atoms with E-state index in [1.54, 1.807) is 0 Å². The van der Waals surface area contributed by atoms with Crippen LogP contribution in [0.2, 0.25) is 0 Å². The number of hydrogen-bond donors (Lipinski definition) is 0. The van der Waals surface area contributed by atoms with Gasteiger partial charge in [0.2, 0.25) is 5.95 Å². The predicted molar refractivity (Wildman–Crippen MR) is 282 cm³/mol. The summed E-state index contributed by atoms with van der Waals surface area (Å²) in [5, 5.41) is 5.74. The number of pyridine rings is 2. The molecule has 0 radical (unpaired) electrons. The van der Waals surface area contributed by atoms with Crippen molar-refractivity contribution in [3.8, 4) is 62.1 Å². The molecule has 6 heterocycles. The number of rotatable bonds is 7. The summed E-state index contributed by atoms with van der Waals surface area (Å²) in [4.78, 5) is 20.2. The van der Waals surface area contributed by atoms with Crippen molar-refractivity contribution in [2.45, 2.75) is 0 Å². The van der Waals surface area contributed by atoms with Gasteiger partial charge in [-0.1, -0.05) is 127 Å². The number of aromatic nitrogens is 7. The molecule has 0 bridgehead atoms. The van der Waals surface area contributed by atoms with Gasteiger partial charge in [-0.3, -0.25) is 14.5 Å². The van der Waals surface area contributed by atoms with Gasteiger partial charge >= 0.3 is 0 Å². The maximum absolute atomic E-state index is 5.23. The van der Waals surface area contributed by atoms with Crippen LogP contribution in [0, 0.1) is 0 Å². The van der Waals surface area contributed by atoms with Crippen LogP contribution in [-0.4, -0.2) is 33.6 Å². The van der Waals surface area contributed by atoms with E-state index >= 15 is 0 Å². The van der Waals surface area contributed by atoms with Gasteiger partial charge in [-0.25, -0.2) is 9.97 Å². The second-order valence-corrected chi connectivity index (χ2v) is 17.5. The molecule has 0 spiro atoms. The zero-order valence-corrected chi connectivity index (χ0v) is 37.1. The Bertz CT molecular complexity index is 4240. The van der Waals surface area contributed by atoms with E-state index < -0.39 is 0 Å². The van der Waals surface area contributed by atoms with Gasteiger partial charge in [-0.2, -0.15) is 0 Å². The standard InChI is InChI=1S/C62H39N7/c1-4-15-40(16-5-1)53-37-54(41-17-6-2-7-18-41)66-62(65-53)69-56-24-13-11-22-49(56)51-35-43(27-30-58(51)69)45-33-44(38-63-39-45)42-26-29-57-50(34-42)48-21-10-12-23-55(48)68(57)47-28-31-59-52(36-47)61-60(25-14-32-64-61)67(59)46-19-8-3-9-20-46/h1-39H. The highest BCUT2D eigenvalue weighted by Gasteiger charge is 2.20. The average molecular weight is 882 g/mol. The van der Waals surface area contributed by atoms with Crippen LogP contribution in [-0.2, 0) is 0 Å². The second kappa shape index (κ2) is 15.6. The average Bonchev–Trinajstić information content (AvgIpc) is 4.06. The Morgan fingerprint density at radius 1 is 0.290 bits per heavy atom. The lowest BCUT2D eigenvalue weighted by Gasteiger charge is -2.12. The predicted octanol–water partition coefficient (Wildman–Crippen LogP) is 15.2. The minimum Gasteiger partial charge on any atom is -0.309 e. The smallest absolute Gasteiger partial charge is 0.235 e. The molecule has 0 atom stereocenters. The third-order valence-electron chi connectivity index (χ3n) is 13.6. The molecule has 69 heavy (non-hydrogen) atoms. The summed E-state index contributed by atoms with van der Waals surface area (Å²) in [6.45, 7) is 0. The van der Waals surface area contributed by atoms with Crippen molar-refractivity contribution >= 4 is 65.5 Å². The SMILES string of the molecule is c1ccc(-c2cc(-c3ccccc3)nc(-n3c4ccccc4c4cc(-c5cncc(-c6ccc7c(c6)c6ccccc6n7-c6ccc7c(c6)c6ncccc6n7-c6ccccc6)c5)ccc43)n2)cc1. The Morgan fingerprint density at radius 3 is 1.42 bits per heavy atom.